The van der Waals surface area contributed by atoms with Gasteiger partial charge in [0.25, 0.3) is 0 Å². The number of benzene rings is 2. The maximum atomic E-state index is 12.2. The largest absolute Gasteiger partial charge is 0.324 e. The second kappa shape index (κ2) is 7.86. The van der Waals surface area contributed by atoms with Crippen LogP contribution in [0.1, 0.15) is 6.42 Å². The zero-order chi connectivity index (χ0) is 15.1. The van der Waals surface area contributed by atoms with Crippen LogP contribution in [0.4, 0.5) is 5.69 Å². The maximum absolute atomic E-state index is 12.2. The minimum Gasteiger partial charge on any atom is -0.324 e. The minimum absolute atomic E-state index is 0.132. The summed E-state index contributed by atoms with van der Waals surface area (Å²) in [5.74, 6) is 0.752. The van der Waals surface area contributed by atoms with E-state index in [2.05, 4.69) is 5.32 Å². The predicted molar refractivity (Wildman–Crippen MR) is 91.5 cm³/mol. The average Bonchev–Trinajstić information content (AvgIpc) is 2.54. The van der Waals surface area contributed by atoms with Crippen molar-refractivity contribution >= 4 is 23.4 Å². The van der Waals surface area contributed by atoms with Gasteiger partial charge in [-0.15, -0.1) is 0 Å². The number of rotatable bonds is 6. The number of thioether (sulfide) groups is 1. The minimum atomic E-state index is -0.471. The average molecular weight is 300 g/mol. The van der Waals surface area contributed by atoms with Crippen LogP contribution in [0.3, 0.4) is 0 Å². The van der Waals surface area contributed by atoms with Gasteiger partial charge < -0.3 is 11.1 Å². The highest BCUT2D eigenvalue weighted by molar-refractivity contribution is 7.98. The summed E-state index contributed by atoms with van der Waals surface area (Å²) in [5.41, 5.74) is 8.79. The van der Waals surface area contributed by atoms with Crippen molar-refractivity contribution in [1.29, 1.82) is 0 Å². The van der Waals surface area contributed by atoms with E-state index >= 15 is 0 Å². The molecular weight excluding hydrogens is 280 g/mol. The molecule has 0 unspecified atom stereocenters. The summed E-state index contributed by atoms with van der Waals surface area (Å²) in [6, 6.07) is 17.3. The molecule has 0 saturated heterocycles. The highest BCUT2D eigenvalue weighted by Crippen LogP contribution is 2.27. The van der Waals surface area contributed by atoms with Gasteiger partial charge in [-0.1, -0.05) is 48.5 Å². The van der Waals surface area contributed by atoms with Crippen LogP contribution in [0.2, 0.25) is 0 Å². The Morgan fingerprint density at radius 3 is 2.52 bits per heavy atom. The predicted octanol–water partition coefficient (Wildman–Crippen LogP) is 3.37. The molecule has 0 saturated carbocycles. The van der Waals surface area contributed by atoms with E-state index in [1.54, 1.807) is 11.8 Å². The standard InChI is InChI=1S/C17H20N2OS/c1-21-12-11-15(18)17(20)19-16-10-6-5-9-14(16)13-7-3-2-4-8-13/h2-10,15H,11-12,18H2,1H3,(H,19,20)/t15-/m0/s1. The number of hydrogen-bond acceptors (Lipinski definition) is 3. The molecule has 2 aromatic carbocycles. The number of nitrogens with two attached hydrogens (primary N) is 1. The Hall–Kier alpha value is -1.78. The van der Waals surface area contributed by atoms with E-state index in [4.69, 9.17) is 5.73 Å². The van der Waals surface area contributed by atoms with Crippen LogP contribution in [0, 0.1) is 0 Å². The molecule has 3 nitrogen and oxygen atoms in total. The molecule has 0 fully saturated rings. The summed E-state index contributed by atoms with van der Waals surface area (Å²) in [5, 5.41) is 2.94. The summed E-state index contributed by atoms with van der Waals surface area (Å²) in [4.78, 5) is 12.2. The Bertz CT molecular complexity index is 586. The van der Waals surface area contributed by atoms with Gasteiger partial charge in [0.05, 0.1) is 6.04 Å². The molecule has 2 aromatic rings. The normalized spacial score (nSPS) is 11.9. The third-order valence-corrected chi connectivity index (χ3v) is 3.88. The fraction of sp³-hybridized carbons (Fsp3) is 0.235. The lowest BCUT2D eigenvalue weighted by molar-refractivity contribution is -0.117. The molecule has 0 spiro atoms. The van der Waals surface area contributed by atoms with E-state index < -0.39 is 6.04 Å². The first-order chi connectivity index (χ1) is 10.2. The van der Waals surface area contributed by atoms with E-state index in [0.29, 0.717) is 6.42 Å². The highest BCUT2D eigenvalue weighted by atomic mass is 32.2. The molecule has 1 atom stereocenters. The Morgan fingerprint density at radius 1 is 1.14 bits per heavy atom. The molecule has 21 heavy (non-hydrogen) atoms. The fourth-order valence-corrected chi connectivity index (χ4v) is 2.55. The summed E-state index contributed by atoms with van der Waals surface area (Å²) in [6.07, 6.45) is 2.69. The Kier molecular flexibility index (Phi) is 5.84. The molecule has 4 heteroatoms. The molecule has 0 aliphatic heterocycles. The van der Waals surface area contributed by atoms with E-state index in [0.717, 1.165) is 22.6 Å². The number of amides is 1. The smallest absolute Gasteiger partial charge is 0.241 e. The van der Waals surface area contributed by atoms with Crippen LogP contribution >= 0.6 is 11.8 Å². The van der Waals surface area contributed by atoms with E-state index in [-0.39, 0.29) is 5.91 Å². The first kappa shape index (κ1) is 15.6. The van der Waals surface area contributed by atoms with Gasteiger partial charge in [-0.05, 0) is 30.1 Å². The van der Waals surface area contributed by atoms with Crippen molar-refractivity contribution in [2.24, 2.45) is 5.73 Å². The van der Waals surface area contributed by atoms with Crippen molar-refractivity contribution in [2.75, 3.05) is 17.3 Å². The van der Waals surface area contributed by atoms with Crippen molar-refractivity contribution in [3.8, 4) is 11.1 Å². The topological polar surface area (TPSA) is 55.1 Å². The SMILES string of the molecule is CSCC[C@H](N)C(=O)Nc1ccccc1-c1ccccc1. The number of anilines is 1. The van der Waals surface area contributed by atoms with Crippen LogP contribution < -0.4 is 11.1 Å². The zero-order valence-corrected chi connectivity index (χ0v) is 12.9. The van der Waals surface area contributed by atoms with Gasteiger partial charge in [0.15, 0.2) is 0 Å². The van der Waals surface area contributed by atoms with E-state index in [1.807, 2.05) is 60.9 Å². The van der Waals surface area contributed by atoms with Gasteiger partial charge >= 0.3 is 0 Å². The zero-order valence-electron chi connectivity index (χ0n) is 12.1. The Morgan fingerprint density at radius 2 is 1.81 bits per heavy atom. The van der Waals surface area contributed by atoms with Crippen LogP contribution in [0.5, 0.6) is 0 Å². The molecule has 3 N–H and O–H groups in total. The molecule has 0 heterocycles. The molecule has 1 amide bonds. The molecule has 0 aromatic heterocycles. The third kappa shape index (κ3) is 4.34. The van der Waals surface area contributed by atoms with Crippen LogP contribution in [0.25, 0.3) is 11.1 Å². The first-order valence-electron chi connectivity index (χ1n) is 6.92. The number of carbonyl (C=O) groups excluding carboxylic acids is 1. The van der Waals surface area contributed by atoms with E-state index in [9.17, 15) is 4.79 Å². The fourth-order valence-electron chi connectivity index (χ4n) is 2.06. The third-order valence-electron chi connectivity index (χ3n) is 3.24. The lowest BCUT2D eigenvalue weighted by Crippen LogP contribution is -2.36. The number of hydrogen-bond donors (Lipinski definition) is 2. The van der Waals surface area contributed by atoms with Crippen molar-refractivity contribution in [3.05, 3.63) is 54.6 Å². The van der Waals surface area contributed by atoms with Crippen LogP contribution in [0.15, 0.2) is 54.6 Å². The summed E-state index contributed by atoms with van der Waals surface area (Å²) < 4.78 is 0. The Labute approximate surface area is 129 Å². The van der Waals surface area contributed by atoms with Gasteiger partial charge in [-0.25, -0.2) is 0 Å². The lowest BCUT2D eigenvalue weighted by Gasteiger charge is -2.14. The number of nitrogens with one attached hydrogen (secondary N) is 1. The second-order valence-electron chi connectivity index (χ2n) is 4.79. The molecule has 2 rings (SSSR count). The van der Waals surface area contributed by atoms with Gasteiger partial charge in [0.1, 0.15) is 0 Å². The van der Waals surface area contributed by atoms with Crippen molar-refractivity contribution in [2.45, 2.75) is 12.5 Å². The lowest BCUT2D eigenvalue weighted by atomic mass is 10.0. The molecular formula is C17H20N2OS. The monoisotopic (exact) mass is 300 g/mol. The summed E-state index contributed by atoms with van der Waals surface area (Å²) >= 11 is 1.69. The molecule has 0 radical (unpaired) electrons. The molecule has 0 bridgehead atoms. The van der Waals surface area contributed by atoms with Gasteiger partial charge in [-0.2, -0.15) is 11.8 Å². The van der Waals surface area contributed by atoms with Gasteiger partial charge in [0.2, 0.25) is 5.91 Å². The maximum Gasteiger partial charge on any atom is 0.241 e. The number of para-hydroxylation sites is 1. The first-order valence-corrected chi connectivity index (χ1v) is 8.31. The molecule has 0 aliphatic rings. The van der Waals surface area contributed by atoms with E-state index in [1.165, 1.54) is 0 Å². The van der Waals surface area contributed by atoms with Gasteiger partial charge in [-0.3, -0.25) is 4.79 Å². The number of carbonyl (C=O) groups is 1. The quantitative estimate of drug-likeness (QED) is 0.860. The Balaban J connectivity index is 2.16. The molecule has 110 valence electrons. The van der Waals surface area contributed by atoms with Crippen LogP contribution in [-0.2, 0) is 4.79 Å². The highest BCUT2D eigenvalue weighted by Gasteiger charge is 2.14. The van der Waals surface area contributed by atoms with Crippen LogP contribution in [-0.4, -0.2) is 24.0 Å². The van der Waals surface area contributed by atoms with Crippen molar-refractivity contribution < 1.29 is 4.79 Å². The van der Waals surface area contributed by atoms with Crippen molar-refractivity contribution in [3.63, 3.8) is 0 Å². The summed E-state index contributed by atoms with van der Waals surface area (Å²) in [7, 11) is 0. The van der Waals surface area contributed by atoms with Gasteiger partial charge in [0, 0.05) is 11.3 Å². The second-order valence-corrected chi connectivity index (χ2v) is 5.77. The summed E-state index contributed by atoms with van der Waals surface area (Å²) in [6.45, 7) is 0. The molecule has 0 aliphatic carbocycles. The van der Waals surface area contributed by atoms with Crippen molar-refractivity contribution in [1.82, 2.24) is 0 Å².